The van der Waals surface area contributed by atoms with Gasteiger partial charge in [0.15, 0.2) is 6.10 Å². The lowest BCUT2D eigenvalue weighted by molar-refractivity contribution is -0.144. The molecule has 1 aromatic carbocycles. The van der Waals surface area contributed by atoms with Gasteiger partial charge in [-0.3, -0.25) is 4.79 Å². The molecule has 0 spiro atoms. The van der Waals surface area contributed by atoms with Crippen molar-refractivity contribution in [2.45, 2.75) is 38.8 Å². The standard InChI is InChI=1S/C15H18ClNO4/c1-3-8(2)13(15(19)20)17-14(18)12-7-9-6-10(16)4-5-11(9)21-12/h4-6,8,12-13H,3,7H2,1-2H3,(H,17,18)(H,19,20)/t8?,12?,13-/m0/s1. The largest absolute Gasteiger partial charge is 0.480 e. The third kappa shape index (κ3) is 3.47. The van der Waals surface area contributed by atoms with Gasteiger partial charge in [0, 0.05) is 11.4 Å². The van der Waals surface area contributed by atoms with Crippen LogP contribution in [0.15, 0.2) is 18.2 Å². The molecule has 1 heterocycles. The van der Waals surface area contributed by atoms with Crippen molar-refractivity contribution in [3.05, 3.63) is 28.8 Å². The number of hydrogen-bond donors (Lipinski definition) is 2. The van der Waals surface area contributed by atoms with Gasteiger partial charge in [0.1, 0.15) is 11.8 Å². The summed E-state index contributed by atoms with van der Waals surface area (Å²) in [6, 6.07) is 4.26. The van der Waals surface area contributed by atoms with E-state index in [0.717, 1.165) is 5.56 Å². The van der Waals surface area contributed by atoms with Gasteiger partial charge in [-0.05, 0) is 29.7 Å². The molecule has 0 aromatic heterocycles. The van der Waals surface area contributed by atoms with E-state index in [0.29, 0.717) is 23.6 Å². The van der Waals surface area contributed by atoms with Crippen molar-refractivity contribution in [3.8, 4) is 5.75 Å². The molecule has 0 saturated carbocycles. The third-order valence-electron chi connectivity index (χ3n) is 3.77. The van der Waals surface area contributed by atoms with Crippen LogP contribution in [0.3, 0.4) is 0 Å². The average molecular weight is 312 g/mol. The minimum Gasteiger partial charge on any atom is -0.480 e. The molecule has 3 atom stereocenters. The van der Waals surface area contributed by atoms with E-state index in [9.17, 15) is 14.7 Å². The minimum atomic E-state index is -1.03. The van der Waals surface area contributed by atoms with Crippen LogP contribution in [0.1, 0.15) is 25.8 Å². The normalized spacial score (nSPS) is 19.3. The molecule has 6 heteroatoms. The number of carboxylic acids is 1. The number of amides is 1. The highest BCUT2D eigenvalue weighted by atomic mass is 35.5. The van der Waals surface area contributed by atoms with Crippen LogP contribution in [-0.4, -0.2) is 29.1 Å². The third-order valence-corrected chi connectivity index (χ3v) is 4.00. The number of halogens is 1. The summed E-state index contributed by atoms with van der Waals surface area (Å²) >= 11 is 5.90. The van der Waals surface area contributed by atoms with E-state index >= 15 is 0 Å². The molecule has 114 valence electrons. The van der Waals surface area contributed by atoms with Crippen molar-refractivity contribution >= 4 is 23.5 Å². The Morgan fingerprint density at radius 2 is 2.24 bits per heavy atom. The molecule has 0 saturated heterocycles. The maximum absolute atomic E-state index is 12.2. The summed E-state index contributed by atoms with van der Waals surface area (Å²) < 4.78 is 5.55. The fraction of sp³-hybridized carbons (Fsp3) is 0.467. The maximum atomic E-state index is 12.2. The summed E-state index contributed by atoms with van der Waals surface area (Å²) in [4.78, 5) is 23.4. The Morgan fingerprint density at radius 3 is 2.86 bits per heavy atom. The van der Waals surface area contributed by atoms with Crippen LogP contribution in [-0.2, 0) is 16.0 Å². The number of carbonyl (C=O) groups excluding carboxylic acids is 1. The summed E-state index contributed by atoms with van der Waals surface area (Å²) in [5.74, 6) is -0.967. The predicted octanol–water partition coefficient (Wildman–Crippen LogP) is 2.26. The second-order valence-electron chi connectivity index (χ2n) is 5.27. The molecule has 21 heavy (non-hydrogen) atoms. The van der Waals surface area contributed by atoms with Gasteiger partial charge in [-0.2, -0.15) is 0 Å². The Kier molecular flexibility index (Phi) is 4.73. The number of hydrogen-bond acceptors (Lipinski definition) is 3. The first kappa shape index (κ1) is 15.6. The number of fused-ring (bicyclic) bond motifs is 1. The molecule has 2 N–H and O–H groups in total. The van der Waals surface area contributed by atoms with E-state index in [1.807, 2.05) is 6.92 Å². The summed E-state index contributed by atoms with van der Waals surface area (Å²) in [5.41, 5.74) is 0.859. The second-order valence-corrected chi connectivity index (χ2v) is 5.71. The molecule has 2 unspecified atom stereocenters. The van der Waals surface area contributed by atoms with Crippen LogP contribution in [0.4, 0.5) is 0 Å². The Labute approximate surface area is 128 Å². The van der Waals surface area contributed by atoms with Crippen LogP contribution in [0, 0.1) is 5.92 Å². The van der Waals surface area contributed by atoms with Crippen molar-refractivity contribution in [1.29, 1.82) is 0 Å². The summed E-state index contributed by atoms with van der Waals surface area (Å²) in [6.45, 7) is 3.68. The van der Waals surface area contributed by atoms with Gasteiger partial charge < -0.3 is 15.2 Å². The Hall–Kier alpha value is -1.75. The highest BCUT2D eigenvalue weighted by Crippen LogP contribution is 2.31. The van der Waals surface area contributed by atoms with Gasteiger partial charge in [-0.25, -0.2) is 4.79 Å². The number of benzene rings is 1. The van der Waals surface area contributed by atoms with E-state index in [1.54, 1.807) is 25.1 Å². The molecule has 0 aliphatic carbocycles. The lowest BCUT2D eigenvalue weighted by atomic mass is 9.99. The van der Waals surface area contributed by atoms with Crippen LogP contribution in [0.5, 0.6) is 5.75 Å². The van der Waals surface area contributed by atoms with E-state index in [4.69, 9.17) is 16.3 Å². The molecule has 1 amide bonds. The Bertz CT molecular complexity index is 561. The summed E-state index contributed by atoms with van der Waals surface area (Å²) in [7, 11) is 0. The van der Waals surface area contributed by atoms with Crippen molar-refractivity contribution in [2.75, 3.05) is 0 Å². The molecule has 0 radical (unpaired) electrons. The van der Waals surface area contributed by atoms with Gasteiger partial charge in [-0.15, -0.1) is 0 Å². The van der Waals surface area contributed by atoms with E-state index < -0.39 is 24.0 Å². The van der Waals surface area contributed by atoms with Crippen molar-refractivity contribution < 1.29 is 19.4 Å². The summed E-state index contributed by atoms with van der Waals surface area (Å²) in [5, 5.41) is 12.4. The highest BCUT2D eigenvalue weighted by molar-refractivity contribution is 6.30. The average Bonchev–Trinajstić information content (AvgIpc) is 2.86. The first-order chi connectivity index (χ1) is 9.92. The molecular formula is C15H18ClNO4. The number of aliphatic carboxylic acids is 1. The fourth-order valence-electron chi connectivity index (χ4n) is 2.29. The number of nitrogens with one attached hydrogen (secondary N) is 1. The monoisotopic (exact) mass is 311 g/mol. The van der Waals surface area contributed by atoms with Crippen molar-refractivity contribution in [2.24, 2.45) is 5.92 Å². The van der Waals surface area contributed by atoms with Gasteiger partial charge >= 0.3 is 5.97 Å². The zero-order valence-electron chi connectivity index (χ0n) is 11.9. The molecule has 5 nitrogen and oxygen atoms in total. The topological polar surface area (TPSA) is 75.6 Å². The number of carboxylic acid groups (broad SMARTS) is 1. The van der Waals surface area contributed by atoms with E-state index in [1.165, 1.54) is 0 Å². The molecular weight excluding hydrogens is 294 g/mol. The number of ether oxygens (including phenoxy) is 1. The van der Waals surface area contributed by atoms with Crippen LogP contribution >= 0.6 is 11.6 Å². The molecule has 0 fully saturated rings. The molecule has 2 rings (SSSR count). The molecule has 1 aliphatic heterocycles. The smallest absolute Gasteiger partial charge is 0.326 e. The quantitative estimate of drug-likeness (QED) is 0.874. The first-order valence-corrected chi connectivity index (χ1v) is 7.28. The van der Waals surface area contributed by atoms with Crippen LogP contribution < -0.4 is 10.1 Å². The summed E-state index contributed by atoms with van der Waals surface area (Å²) in [6.07, 6.45) is 0.358. The Balaban J connectivity index is 2.04. The second kappa shape index (κ2) is 6.35. The van der Waals surface area contributed by atoms with Gasteiger partial charge in [0.25, 0.3) is 5.91 Å². The zero-order chi connectivity index (χ0) is 15.6. The number of rotatable bonds is 5. The first-order valence-electron chi connectivity index (χ1n) is 6.90. The predicted molar refractivity (Wildman–Crippen MR) is 78.6 cm³/mol. The van der Waals surface area contributed by atoms with E-state index in [-0.39, 0.29) is 5.92 Å². The van der Waals surface area contributed by atoms with Crippen molar-refractivity contribution in [3.63, 3.8) is 0 Å². The Morgan fingerprint density at radius 1 is 1.52 bits per heavy atom. The number of carbonyl (C=O) groups is 2. The van der Waals surface area contributed by atoms with Crippen LogP contribution in [0.2, 0.25) is 5.02 Å². The fourth-order valence-corrected chi connectivity index (χ4v) is 2.49. The minimum absolute atomic E-state index is 0.148. The van der Waals surface area contributed by atoms with Gasteiger partial charge in [0.05, 0.1) is 0 Å². The highest BCUT2D eigenvalue weighted by Gasteiger charge is 2.33. The zero-order valence-corrected chi connectivity index (χ0v) is 12.7. The maximum Gasteiger partial charge on any atom is 0.326 e. The lowest BCUT2D eigenvalue weighted by Gasteiger charge is -2.21. The van der Waals surface area contributed by atoms with Gasteiger partial charge in [-0.1, -0.05) is 31.9 Å². The lowest BCUT2D eigenvalue weighted by Crippen LogP contribution is -2.49. The molecule has 1 aliphatic rings. The van der Waals surface area contributed by atoms with Crippen molar-refractivity contribution in [1.82, 2.24) is 5.32 Å². The SMILES string of the molecule is CCC(C)[C@H](NC(=O)C1Cc2cc(Cl)ccc2O1)C(=O)O. The van der Waals surface area contributed by atoms with Gasteiger partial charge in [0.2, 0.25) is 0 Å². The van der Waals surface area contributed by atoms with Crippen LogP contribution in [0.25, 0.3) is 0 Å². The van der Waals surface area contributed by atoms with E-state index in [2.05, 4.69) is 5.32 Å². The molecule has 0 bridgehead atoms. The molecule has 1 aromatic rings.